The second-order valence-electron chi connectivity index (χ2n) is 7.12. The van der Waals surface area contributed by atoms with Gasteiger partial charge in [-0.1, -0.05) is 20.8 Å². The first-order chi connectivity index (χ1) is 10.2. The van der Waals surface area contributed by atoms with Gasteiger partial charge in [0.15, 0.2) is 0 Å². The Morgan fingerprint density at radius 1 is 1.39 bits per heavy atom. The van der Waals surface area contributed by atoms with Crippen molar-refractivity contribution in [2.75, 3.05) is 0 Å². The van der Waals surface area contributed by atoms with Crippen molar-refractivity contribution in [3.63, 3.8) is 0 Å². The molecule has 0 bridgehead atoms. The Morgan fingerprint density at radius 3 is 2.65 bits per heavy atom. The van der Waals surface area contributed by atoms with Crippen LogP contribution >= 0.6 is 15.9 Å². The molecule has 1 aromatic carbocycles. The number of rotatable bonds is 1. The minimum absolute atomic E-state index is 0. The van der Waals surface area contributed by atoms with Crippen LogP contribution in [0.15, 0.2) is 16.6 Å². The van der Waals surface area contributed by atoms with Gasteiger partial charge in [-0.15, -0.1) is 0 Å². The van der Waals surface area contributed by atoms with Crippen molar-refractivity contribution in [3.8, 4) is 5.75 Å². The van der Waals surface area contributed by atoms with E-state index < -0.39 is 23.1 Å². The number of ether oxygens (including phenoxy) is 1. The summed E-state index contributed by atoms with van der Waals surface area (Å²) in [5.74, 6) is -0.226. The van der Waals surface area contributed by atoms with Crippen LogP contribution in [0, 0.1) is 11.3 Å². The van der Waals surface area contributed by atoms with Crippen molar-refractivity contribution < 1.29 is 49.3 Å². The molecule has 4 nitrogen and oxygen atoms in total. The molecule has 3 atom stereocenters. The fourth-order valence-corrected chi connectivity index (χ4v) is 4.65. The van der Waals surface area contributed by atoms with Crippen LogP contribution in [0.4, 0.5) is 0 Å². The Balaban J connectivity index is 0.00000192. The van der Waals surface area contributed by atoms with E-state index in [0.29, 0.717) is 16.6 Å². The summed E-state index contributed by atoms with van der Waals surface area (Å²) in [5.41, 5.74) is 0.0841. The molecule has 0 unspecified atom stereocenters. The molecular formula is C17H20BrNaO4. The van der Waals surface area contributed by atoms with Gasteiger partial charge in [-0.05, 0) is 57.9 Å². The molecule has 6 heteroatoms. The summed E-state index contributed by atoms with van der Waals surface area (Å²) >= 11 is 3.41. The fourth-order valence-electron chi connectivity index (χ4n) is 4.07. The van der Waals surface area contributed by atoms with Gasteiger partial charge in [0.25, 0.3) is 0 Å². The molecular weight excluding hydrogens is 371 g/mol. The van der Waals surface area contributed by atoms with E-state index >= 15 is 0 Å². The largest absolute Gasteiger partial charge is 1.00 e. The minimum atomic E-state index is -1.19. The van der Waals surface area contributed by atoms with Gasteiger partial charge in [-0.25, -0.2) is 0 Å². The molecule has 1 aliphatic heterocycles. The number of hydrogen-bond acceptors (Lipinski definition) is 4. The van der Waals surface area contributed by atoms with E-state index in [1.54, 1.807) is 6.07 Å². The van der Waals surface area contributed by atoms with Gasteiger partial charge in [-0.3, -0.25) is 0 Å². The molecule has 2 aliphatic rings. The number of aromatic carboxylic acids is 1. The number of carboxylic acids is 1. The number of carbonyl (C=O) groups is 1. The van der Waals surface area contributed by atoms with Crippen LogP contribution in [0.5, 0.6) is 5.75 Å². The normalized spacial score (nSPS) is 31.2. The second-order valence-corrected chi connectivity index (χ2v) is 7.97. The third kappa shape index (κ3) is 2.78. The number of aliphatic hydroxyl groups is 1. The summed E-state index contributed by atoms with van der Waals surface area (Å²) < 4.78 is 7.01. The van der Waals surface area contributed by atoms with Crippen molar-refractivity contribution in [2.24, 2.45) is 11.3 Å². The van der Waals surface area contributed by atoms with Crippen LogP contribution in [0.1, 0.15) is 49.5 Å². The maximum absolute atomic E-state index is 11.2. The van der Waals surface area contributed by atoms with Crippen LogP contribution in [-0.4, -0.2) is 22.8 Å². The number of aliphatic hydroxyl groups excluding tert-OH is 1. The number of benzene rings is 1. The van der Waals surface area contributed by atoms with Crippen LogP contribution in [0.25, 0.3) is 0 Å². The molecule has 1 fully saturated rings. The number of carboxylic acid groups (broad SMARTS) is 1. The molecule has 1 saturated carbocycles. The third-order valence-corrected chi connectivity index (χ3v) is 6.28. The maximum Gasteiger partial charge on any atom is 1.00 e. The van der Waals surface area contributed by atoms with E-state index in [4.69, 9.17) is 4.74 Å². The quantitative estimate of drug-likeness (QED) is 0.644. The van der Waals surface area contributed by atoms with Gasteiger partial charge in [0.1, 0.15) is 11.4 Å². The summed E-state index contributed by atoms with van der Waals surface area (Å²) in [6, 6.07) is 3.15. The zero-order valence-electron chi connectivity index (χ0n) is 14.0. The first-order valence-corrected chi connectivity index (χ1v) is 8.39. The van der Waals surface area contributed by atoms with E-state index in [9.17, 15) is 15.0 Å². The second kappa shape index (κ2) is 6.34. The Hall–Kier alpha value is -0.0700. The molecule has 1 aliphatic carbocycles. The Kier molecular flexibility index (Phi) is 5.31. The van der Waals surface area contributed by atoms with Crippen LogP contribution in [-0.2, 0) is 6.42 Å². The smallest absolute Gasteiger partial charge is 0.545 e. The van der Waals surface area contributed by atoms with Gasteiger partial charge < -0.3 is 19.7 Å². The molecule has 1 aromatic rings. The van der Waals surface area contributed by atoms with Crippen molar-refractivity contribution in [1.29, 1.82) is 0 Å². The molecule has 3 rings (SSSR count). The molecule has 1 spiro atoms. The zero-order chi connectivity index (χ0) is 16.3. The van der Waals surface area contributed by atoms with Crippen LogP contribution in [0.3, 0.4) is 0 Å². The summed E-state index contributed by atoms with van der Waals surface area (Å²) in [4.78, 5) is 11.2. The summed E-state index contributed by atoms with van der Waals surface area (Å²) in [5, 5.41) is 21.6. The number of hydrogen-bond donors (Lipinski definition) is 1. The van der Waals surface area contributed by atoms with Crippen LogP contribution < -0.4 is 39.4 Å². The Bertz CT molecular complexity index is 646. The molecule has 0 amide bonds. The molecule has 120 valence electrons. The molecule has 1 N–H and O–H groups in total. The summed E-state index contributed by atoms with van der Waals surface area (Å²) in [6.45, 7) is 6.21. The van der Waals surface area contributed by atoms with Gasteiger partial charge in [0.2, 0.25) is 0 Å². The van der Waals surface area contributed by atoms with Crippen molar-refractivity contribution in [3.05, 3.63) is 27.7 Å². The van der Waals surface area contributed by atoms with Gasteiger partial charge >= 0.3 is 29.6 Å². The minimum Gasteiger partial charge on any atom is -0.545 e. The fraction of sp³-hybridized carbons (Fsp3) is 0.588. The third-order valence-electron chi connectivity index (χ3n) is 5.69. The van der Waals surface area contributed by atoms with E-state index in [2.05, 4.69) is 22.9 Å². The number of fused-ring (bicyclic) bond motifs is 1. The van der Waals surface area contributed by atoms with Crippen molar-refractivity contribution >= 4 is 21.9 Å². The average molecular weight is 391 g/mol. The van der Waals surface area contributed by atoms with Crippen LogP contribution in [0.2, 0.25) is 0 Å². The Labute approximate surface area is 167 Å². The molecule has 0 saturated heterocycles. The van der Waals surface area contributed by atoms with Crippen molar-refractivity contribution in [2.45, 2.75) is 51.7 Å². The number of carbonyl (C=O) groups excluding carboxylic acids is 1. The Morgan fingerprint density at radius 2 is 2.04 bits per heavy atom. The monoisotopic (exact) mass is 390 g/mol. The zero-order valence-corrected chi connectivity index (χ0v) is 17.6. The van der Waals surface area contributed by atoms with Crippen molar-refractivity contribution in [1.82, 2.24) is 0 Å². The molecule has 23 heavy (non-hydrogen) atoms. The predicted octanol–water partition coefficient (Wildman–Crippen LogP) is -0.693. The summed E-state index contributed by atoms with van der Waals surface area (Å²) in [7, 11) is 0. The molecule has 1 heterocycles. The standard InChI is InChI=1S/C17H21BrO4.Na/c1-9-4-5-13(19)16(2,3)17(9)8-11-6-10(15(20)21)7-12(18)14(11)22-17;/h6-7,9,13,19H,4-5,8H2,1-3H3,(H,20,21);/q;+1/p-1/t9-,13+,17+;/m1./s1. The topological polar surface area (TPSA) is 69.6 Å². The van der Waals surface area contributed by atoms with E-state index in [1.807, 2.05) is 13.8 Å². The first kappa shape index (κ1) is 19.3. The van der Waals surface area contributed by atoms with Gasteiger partial charge in [-0.2, -0.15) is 0 Å². The van der Waals surface area contributed by atoms with E-state index in [1.165, 1.54) is 6.07 Å². The van der Waals surface area contributed by atoms with E-state index in [-0.39, 0.29) is 41.0 Å². The maximum atomic E-state index is 11.2. The number of halogens is 1. The average Bonchev–Trinajstić information content (AvgIpc) is 2.84. The molecule has 0 radical (unpaired) electrons. The molecule has 0 aromatic heterocycles. The SMILES string of the molecule is C[C@@H]1CC[C@H](O)C(C)(C)[C@]12Cc1cc(C(=O)[O-])cc(Br)c1O2.[Na+]. The van der Waals surface area contributed by atoms with E-state index in [0.717, 1.165) is 18.4 Å². The first-order valence-electron chi connectivity index (χ1n) is 7.60. The van der Waals surface area contributed by atoms with Gasteiger partial charge in [0, 0.05) is 11.8 Å². The summed E-state index contributed by atoms with van der Waals surface area (Å²) in [6.07, 6.45) is 1.83. The van der Waals surface area contributed by atoms with Gasteiger partial charge in [0.05, 0.1) is 16.5 Å². The predicted molar refractivity (Wildman–Crippen MR) is 83.7 cm³/mol.